The van der Waals surface area contributed by atoms with Crippen molar-refractivity contribution in [3.63, 3.8) is 0 Å². The van der Waals surface area contributed by atoms with Gasteiger partial charge < -0.3 is 15.5 Å². The Labute approximate surface area is 121 Å². The van der Waals surface area contributed by atoms with Crippen molar-refractivity contribution in [2.75, 3.05) is 38.0 Å². The maximum atomic E-state index is 11.7. The summed E-state index contributed by atoms with van der Waals surface area (Å²) >= 11 is 0. The van der Waals surface area contributed by atoms with E-state index in [1.54, 1.807) is 0 Å². The molecule has 110 valence electrons. The van der Waals surface area contributed by atoms with Gasteiger partial charge in [0.25, 0.3) is 0 Å². The quantitative estimate of drug-likeness (QED) is 0.835. The van der Waals surface area contributed by atoms with Gasteiger partial charge in [0.1, 0.15) is 0 Å². The van der Waals surface area contributed by atoms with E-state index >= 15 is 0 Å². The Balaban J connectivity index is 1.58. The van der Waals surface area contributed by atoms with Crippen molar-refractivity contribution < 1.29 is 4.79 Å². The monoisotopic (exact) mass is 275 g/mol. The van der Waals surface area contributed by atoms with Crippen LogP contribution in [0.4, 0.5) is 5.69 Å². The number of carbonyl (C=O) groups is 1. The minimum Gasteiger partial charge on any atom is -0.376 e. The molecule has 1 aromatic carbocycles. The predicted molar refractivity (Wildman–Crippen MR) is 82.8 cm³/mol. The number of likely N-dealkylation sites (tertiary alicyclic amines) is 1. The number of hydrogen-bond donors (Lipinski definition) is 2. The maximum Gasteiger partial charge on any atom is 0.239 e. The molecule has 0 unspecified atom stereocenters. The highest BCUT2D eigenvalue weighted by Crippen LogP contribution is 2.08. The van der Waals surface area contributed by atoms with Crippen molar-refractivity contribution in [3.8, 4) is 0 Å². The molecular formula is C16H25N3O. The number of anilines is 1. The molecule has 2 N–H and O–H groups in total. The van der Waals surface area contributed by atoms with E-state index in [0.29, 0.717) is 6.54 Å². The minimum absolute atomic E-state index is 0.0590. The largest absolute Gasteiger partial charge is 0.376 e. The highest BCUT2D eigenvalue weighted by Gasteiger charge is 2.08. The van der Waals surface area contributed by atoms with E-state index in [1.165, 1.54) is 38.8 Å². The van der Waals surface area contributed by atoms with Gasteiger partial charge in [-0.25, -0.2) is 0 Å². The summed E-state index contributed by atoms with van der Waals surface area (Å²) in [6.45, 7) is 4.41. The number of carbonyl (C=O) groups excluding carboxylic acids is 1. The molecule has 1 aromatic rings. The zero-order valence-electron chi connectivity index (χ0n) is 12.1. The van der Waals surface area contributed by atoms with Crippen molar-refractivity contribution in [1.82, 2.24) is 10.2 Å². The van der Waals surface area contributed by atoms with E-state index in [-0.39, 0.29) is 5.91 Å². The summed E-state index contributed by atoms with van der Waals surface area (Å²) in [5.74, 6) is 0.0590. The Morgan fingerprint density at radius 2 is 1.75 bits per heavy atom. The first-order valence-electron chi connectivity index (χ1n) is 7.62. The molecule has 0 aromatic heterocycles. The number of hydrogen-bond acceptors (Lipinski definition) is 3. The summed E-state index contributed by atoms with van der Waals surface area (Å²) in [6.07, 6.45) is 5.29. The Bertz CT molecular complexity index is 386. The molecule has 2 rings (SSSR count). The highest BCUT2D eigenvalue weighted by atomic mass is 16.1. The van der Waals surface area contributed by atoms with E-state index in [1.807, 2.05) is 30.3 Å². The van der Waals surface area contributed by atoms with Gasteiger partial charge in [0.2, 0.25) is 5.91 Å². The van der Waals surface area contributed by atoms with Gasteiger partial charge in [-0.05, 0) is 38.1 Å². The van der Waals surface area contributed by atoms with Crippen LogP contribution in [0.25, 0.3) is 0 Å². The molecule has 1 saturated heterocycles. The Kier molecular flexibility index (Phi) is 6.38. The summed E-state index contributed by atoms with van der Waals surface area (Å²) in [7, 11) is 0. The van der Waals surface area contributed by atoms with Gasteiger partial charge in [-0.1, -0.05) is 31.0 Å². The summed E-state index contributed by atoms with van der Waals surface area (Å²) < 4.78 is 0. The molecule has 1 amide bonds. The zero-order valence-corrected chi connectivity index (χ0v) is 12.1. The molecule has 0 atom stereocenters. The molecule has 1 fully saturated rings. The van der Waals surface area contributed by atoms with E-state index in [4.69, 9.17) is 0 Å². The highest BCUT2D eigenvalue weighted by molar-refractivity contribution is 5.80. The van der Waals surface area contributed by atoms with Crippen LogP contribution in [0.2, 0.25) is 0 Å². The molecule has 0 radical (unpaired) electrons. The van der Waals surface area contributed by atoms with Crippen LogP contribution in [0.15, 0.2) is 30.3 Å². The van der Waals surface area contributed by atoms with Crippen molar-refractivity contribution >= 4 is 11.6 Å². The van der Waals surface area contributed by atoms with E-state index in [2.05, 4.69) is 15.5 Å². The summed E-state index contributed by atoms with van der Waals surface area (Å²) in [4.78, 5) is 14.2. The fourth-order valence-corrected chi connectivity index (χ4v) is 2.51. The number of nitrogens with zero attached hydrogens (tertiary/aromatic N) is 1. The Morgan fingerprint density at radius 3 is 2.45 bits per heavy atom. The molecule has 0 bridgehead atoms. The average molecular weight is 275 g/mol. The maximum absolute atomic E-state index is 11.7. The fourth-order valence-electron chi connectivity index (χ4n) is 2.51. The van der Waals surface area contributed by atoms with Gasteiger partial charge >= 0.3 is 0 Å². The molecule has 0 aliphatic carbocycles. The van der Waals surface area contributed by atoms with Crippen molar-refractivity contribution in [3.05, 3.63) is 30.3 Å². The molecule has 1 aliphatic heterocycles. The van der Waals surface area contributed by atoms with Crippen LogP contribution in [0.5, 0.6) is 0 Å². The second kappa shape index (κ2) is 8.59. The Hall–Kier alpha value is -1.55. The van der Waals surface area contributed by atoms with Crippen LogP contribution in [0, 0.1) is 0 Å². The van der Waals surface area contributed by atoms with Gasteiger partial charge in [-0.15, -0.1) is 0 Å². The van der Waals surface area contributed by atoms with Crippen LogP contribution < -0.4 is 10.6 Å². The average Bonchev–Trinajstić information content (AvgIpc) is 2.75. The van der Waals surface area contributed by atoms with Crippen molar-refractivity contribution in [2.24, 2.45) is 0 Å². The van der Waals surface area contributed by atoms with Crippen LogP contribution in [0.3, 0.4) is 0 Å². The van der Waals surface area contributed by atoms with Crippen LogP contribution >= 0.6 is 0 Å². The molecule has 1 aliphatic rings. The summed E-state index contributed by atoms with van der Waals surface area (Å²) in [6, 6.07) is 9.81. The summed E-state index contributed by atoms with van der Waals surface area (Å²) in [5.41, 5.74) is 0.982. The molecule has 4 nitrogen and oxygen atoms in total. The third kappa shape index (κ3) is 5.61. The number of amides is 1. The first-order chi connectivity index (χ1) is 9.84. The molecule has 0 spiro atoms. The van der Waals surface area contributed by atoms with Crippen LogP contribution in [0.1, 0.15) is 25.7 Å². The van der Waals surface area contributed by atoms with Gasteiger partial charge in [0, 0.05) is 18.8 Å². The van der Waals surface area contributed by atoms with Gasteiger partial charge in [0.05, 0.1) is 6.54 Å². The number of para-hydroxylation sites is 1. The SMILES string of the molecule is O=C(CNc1ccccc1)NCCN1CCCCCC1. The van der Waals surface area contributed by atoms with Crippen LogP contribution in [-0.2, 0) is 4.79 Å². The van der Waals surface area contributed by atoms with Gasteiger partial charge in [-0.3, -0.25) is 4.79 Å². The van der Waals surface area contributed by atoms with Crippen molar-refractivity contribution in [2.45, 2.75) is 25.7 Å². The lowest BCUT2D eigenvalue weighted by Crippen LogP contribution is -2.37. The lowest BCUT2D eigenvalue weighted by atomic mass is 10.2. The van der Waals surface area contributed by atoms with Gasteiger partial charge in [-0.2, -0.15) is 0 Å². The summed E-state index contributed by atoms with van der Waals surface area (Å²) in [5, 5.41) is 6.09. The molecule has 20 heavy (non-hydrogen) atoms. The first-order valence-corrected chi connectivity index (χ1v) is 7.62. The lowest BCUT2D eigenvalue weighted by Gasteiger charge is -2.19. The topological polar surface area (TPSA) is 44.4 Å². The third-order valence-electron chi connectivity index (χ3n) is 3.68. The second-order valence-electron chi connectivity index (χ2n) is 5.33. The molecular weight excluding hydrogens is 250 g/mol. The third-order valence-corrected chi connectivity index (χ3v) is 3.68. The molecule has 0 saturated carbocycles. The predicted octanol–water partition coefficient (Wildman–Crippen LogP) is 2.09. The lowest BCUT2D eigenvalue weighted by molar-refractivity contribution is -0.119. The molecule has 1 heterocycles. The number of benzene rings is 1. The standard InChI is InChI=1S/C16H25N3O/c20-16(14-18-15-8-4-3-5-9-15)17-10-13-19-11-6-1-2-7-12-19/h3-5,8-9,18H,1-2,6-7,10-14H2,(H,17,20). The minimum atomic E-state index is 0.0590. The normalized spacial score (nSPS) is 16.4. The van der Waals surface area contributed by atoms with Crippen molar-refractivity contribution in [1.29, 1.82) is 0 Å². The van der Waals surface area contributed by atoms with E-state index in [0.717, 1.165) is 18.8 Å². The second-order valence-corrected chi connectivity index (χ2v) is 5.33. The van der Waals surface area contributed by atoms with E-state index in [9.17, 15) is 4.79 Å². The van der Waals surface area contributed by atoms with Gasteiger partial charge in [0.15, 0.2) is 0 Å². The van der Waals surface area contributed by atoms with Crippen LogP contribution in [-0.4, -0.2) is 43.5 Å². The number of nitrogens with one attached hydrogen (secondary N) is 2. The zero-order chi connectivity index (χ0) is 14.0. The molecule has 4 heteroatoms. The number of rotatable bonds is 6. The van der Waals surface area contributed by atoms with E-state index < -0.39 is 0 Å². The first kappa shape index (κ1) is 14.9. The fraction of sp³-hybridized carbons (Fsp3) is 0.562. The smallest absolute Gasteiger partial charge is 0.239 e. The Morgan fingerprint density at radius 1 is 1.05 bits per heavy atom.